The number of hydrogen-bond acceptors (Lipinski definition) is 3. The van der Waals surface area contributed by atoms with Crippen LogP contribution in [-0.4, -0.2) is 22.1 Å². The molecule has 2 rings (SSSR count). The average molecular weight is 259 g/mol. The number of nitrogens with one attached hydrogen (secondary N) is 1. The Morgan fingerprint density at radius 2 is 2.05 bits per heavy atom. The van der Waals surface area contributed by atoms with Crippen LogP contribution in [-0.2, 0) is 11.8 Å². The first kappa shape index (κ1) is 13.1. The van der Waals surface area contributed by atoms with E-state index in [0.29, 0.717) is 5.95 Å². The molecule has 19 heavy (non-hydrogen) atoms. The van der Waals surface area contributed by atoms with Crippen LogP contribution in [0.15, 0.2) is 30.6 Å². The van der Waals surface area contributed by atoms with Crippen LogP contribution in [0.4, 0.5) is 5.95 Å². The summed E-state index contributed by atoms with van der Waals surface area (Å²) in [5.41, 5.74) is 2.04. The van der Waals surface area contributed by atoms with Crippen LogP contribution in [0.3, 0.4) is 0 Å². The number of anilines is 1. The van der Waals surface area contributed by atoms with Crippen molar-refractivity contribution in [3.63, 3.8) is 0 Å². The van der Waals surface area contributed by atoms with Crippen molar-refractivity contribution in [1.29, 1.82) is 0 Å². The van der Waals surface area contributed by atoms with E-state index in [9.17, 15) is 4.79 Å². The van der Waals surface area contributed by atoms with Crippen LogP contribution in [0, 0.1) is 13.8 Å². The Balaban J connectivity index is 1.96. The number of hydrogen-bond donors (Lipinski definition) is 1. The van der Waals surface area contributed by atoms with Gasteiger partial charge in [-0.15, -0.1) is 0 Å². The van der Waals surface area contributed by atoms with Crippen molar-refractivity contribution in [2.45, 2.75) is 13.8 Å². The Hall–Kier alpha value is -2.30. The van der Waals surface area contributed by atoms with Crippen molar-refractivity contribution < 1.29 is 9.53 Å². The Morgan fingerprint density at radius 3 is 2.63 bits per heavy atom. The zero-order valence-electron chi connectivity index (χ0n) is 11.3. The summed E-state index contributed by atoms with van der Waals surface area (Å²) in [7, 11) is 1.81. The maximum absolute atomic E-state index is 11.8. The van der Waals surface area contributed by atoms with Gasteiger partial charge in [-0.1, -0.05) is 18.2 Å². The molecule has 5 nitrogen and oxygen atoms in total. The first-order chi connectivity index (χ1) is 9.08. The lowest BCUT2D eigenvalue weighted by atomic mass is 10.1. The fraction of sp³-hybridized carbons (Fsp3) is 0.286. The van der Waals surface area contributed by atoms with Gasteiger partial charge >= 0.3 is 0 Å². The van der Waals surface area contributed by atoms with Crippen molar-refractivity contribution in [2.75, 3.05) is 11.9 Å². The second-order valence-electron chi connectivity index (χ2n) is 4.42. The molecule has 2 aromatic rings. The molecule has 0 radical (unpaired) electrons. The van der Waals surface area contributed by atoms with Crippen molar-refractivity contribution in [1.82, 2.24) is 9.55 Å². The average Bonchev–Trinajstić information content (AvgIpc) is 2.74. The van der Waals surface area contributed by atoms with Crippen LogP contribution < -0.4 is 10.1 Å². The van der Waals surface area contributed by atoms with Crippen molar-refractivity contribution in [3.05, 3.63) is 41.7 Å². The van der Waals surface area contributed by atoms with E-state index < -0.39 is 0 Å². The van der Waals surface area contributed by atoms with Gasteiger partial charge in [-0.05, 0) is 25.0 Å². The van der Waals surface area contributed by atoms with Gasteiger partial charge in [0, 0.05) is 19.4 Å². The molecule has 1 aromatic carbocycles. The van der Waals surface area contributed by atoms with E-state index >= 15 is 0 Å². The summed E-state index contributed by atoms with van der Waals surface area (Å²) in [5.74, 6) is 1.05. The minimum absolute atomic E-state index is 0.0292. The second-order valence-corrected chi connectivity index (χ2v) is 4.42. The molecule has 0 aliphatic rings. The summed E-state index contributed by atoms with van der Waals surface area (Å²) < 4.78 is 7.30. The number of nitrogens with zero attached hydrogens (tertiary/aromatic N) is 2. The number of imidazole rings is 1. The van der Waals surface area contributed by atoms with E-state index in [-0.39, 0.29) is 12.5 Å². The zero-order valence-corrected chi connectivity index (χ0v) is 11.3. The normalized spacial score (nSPS) is 10.3. The highest BCUT2D eigenvalue weighted by Gasteiger charge is 2.09. The number of carbonyl (C=O) groups is 1. The predicted octanol–water partition coefficient (Wildman–Crippen LogP) is 2.05. The Morgan fingerprint density at radius 1 is 1.37 bits per heavy atom. The summed E-state index contributed by atoms with van der Waals surface area (Å²) >= 11 is 0. The fourth-order valence-corrected chi connectivity index (χ4v) is 1.81. The van der Waals surface area contributed by atoms with E-state index in [1.165, 1.54) is 0 Å². The Bertz CT molecular complexity index is 570. The third-order valence-electron chi connectivity index (χ3n) is 2.83. The lowest BCUT2D eigenvalue weighted by Crippen LogP contribution is -2.22. The molecule has 0 atom stereocenters. The number of aromatic nitrogens is 2. The molecule has 0 aliphatic carbocycles. The van der Waals surface area contributed by atoms with Gasteiger partial charge < -0.3 is 9.30 Å². The monoisotopic (exact) mass is 259 g/mol. The molecule has 0 spiro atoms. The molecular weight excluding hydrogens is 242 g/mol. The number of benzene rings is 1. The van der Waals surface area contributed by atoms with Gasteiger partial charge in [0.25, 0.3) is 5.91 Å². The topological polar surface area (TPSA) is 56.1 Å². The summed E-state index contributed by atoms with van der Waals surface area (Å²) in [4.78, 5) is 15.8. The minimum Gasteiger partial charge on any atom is -0.483 e. The molecule has 1 N–H and O–H groups in total. The van der Waals surface area contributed by atoms with Crippen molar-refractivity contribution in [3.8, 4) is 5.75 Å². The SMILES string of the molecule is Cc1cccc(C)c1OCC(=O)Nc1nccn1C. The van der Waals surface area contributed by atoms with Gasteiger partial charge in [0.1, 0.15) is 5.75 Å². The highest BCUT2D eigenvalue weighted by atomic mass is 16.5. The van der Waals surface area contributed by atoms with Gasteiger partial charge in [0.2, 0.25) is 5.95 Å². The fourth-order valence-electron chi connectivity index (χ4n) is 1.81. The number of carbonyl (C=O) groups excluding carboxylic acids is 1. The summed E-state index contributed by atoms with van der Waals surface area (Å²) in [6, 6.07) is 5.88. The second kappa shape index (κ2) is 5.56. The highest BCUT2D eigenvalue weighted by Crippen LogP contribution is 2.22. The summed E-state index contributed by atoms with van der Waals surface area (Å²) in [6.45, 7) is 3.89. The standard InChI is InChI=1S/C14H17N3O2/c1-10-5-4-6-11(2)13(10)19-9-12(18)16-14-15-7-8-17(14)3/h4-8H,9H2,1-3H3,(H,15,16,18). The molecule has 0 unspecified atom stereocenters. The van der Waals surface area contributed by atoms with Gasteiger partial charge in [0.05, 0.1) is 0 Å². The number of aryl methyl sites for hydroxylation is 3. The molecule has 1 amide bonds. The quantitative estimate of drug-likeness (QED) is 0.914. The van der Waals surface area contributed by atoms with Gasteiger partial charge in [-0.2, -0.15) is 0 Å². The molecule has 0 fully saturated rings. The molecule has 0 aliphatic heterocycles. The smallest absolute Gasteiger partial charge is 0.264 e. The van der Waals surface area contributed by atoms with Crippen LogP contribution in [0.5, 0.6) is 5.75 Å². The van der Waals surface area contributed by atoms with Crippen molar-refractivity contribution >= 4 is 11.9 Å². The lowest BCUT2D eigenvalue weighted by molar-refractivity contribution is -0.118. The Labute approximate surface area is 112 Å². The van der Waals surface area contributed by atoms with Crippen LogP contribution in [0.2, 0.25) is 0 Å². The van der Waals surface area contributed by atoms with Crippen LogP contribution in [0.1, 0.15) is 11.1 Å². The van der Waals surface area contributed by atoms with Gasteiger partial charge in [0.15, 0.2) is 6.61 Å². The maximum Gasteiger partial charge on any atom is 0.264 e. The van der Waals surface area contributed by atoms with Crippen LogP contribution in [0.25, 0.3) is 0 Å². The van der Waals surface area contributed by atoms with E-state index in [1.807, 2.05) is 39.1 Å². The van der Waals surface area contributed by atoms with Gasteiger partial charge in [-0.25, -0.2) is 4.98 Å². The van der Waals surface area contributed by atoms with E-state index in [1.54, 1.807) is 17.0 Å². The lowest BCUT2D eigenvalue weighted by Gasteiger charge is -2.11. The molecular formula is C14H17N3O2. The highest BCUT2D eigenvalue weighted by molar-refractivity contribution is 5.90. The maximum atomic E-state index is 11.8. The summed E-state index contributed by atoms with van der Waals surface area (Å²) in [6.07, 6.45) is 3.39. The number of amides is 1. The first-order valence-electron chi connectivity index (χ1n) is 6.04. The Kier molecular flexibility index (Phi) is 3.85. The molecule has 100 valence electrons. The molecule has 0 bridgehead atoms. The molecule has 0 saturated carbocycles. The summed E-state index contributed by atoms with van der Waals surface area (Å²) in [5, 5.41) is 2.69. The number of ether oxygens (including phenoxy) is 1. The van der Waals surface area contributed by atoms with E-state index in [4.69, 9.17) is 4.74 Å². The van der Waals surface area contributed by atoms with E-state index in [0.717, 1.165) is 16.9 Å². The third kappa shape index (κ3) is 3.13. The van der Waals surface area contributed by atoms with Crippen molar-refractivity contribution in [2.24, 2.45) is 7.05 Å². The number of rotatable bonds is 4. The molecule has 1 heterocycles. The number of para-hydroxylation sites is 1. The first-order valence-corrected chi connectivity index (χ1v) is 6.04. The minimum atomic E-state index is -0.225. The van der Waals surface area contributed by atoms with E-state index in [2.05, 4.69) is 10.3 Å². The zero-order chi connectivity index (χ0) is 13.8. The molecule has 5 heteroatoms. The van der Waals surface area contributed by atoms with Gasteiger partial charge in [-0.3, -0.25) is 10.1 Å². The molecule has 0 saturated heterocycles. The largest absolute Gasteiger partial charge is 0.483 e. The van der Waals surface area contributed by atoms with Crippen LogP contribution >= 0.6 is 0 Å². The third-order valence-corrected chi connectivity index (χ3v) is 2.83. The molecule has 1 aromatic heterocycles. The predicted molar refractivity (Wildman–Crippen MR) is 73.2 cm³/mol.